The lowest BCUT2D eigenvalue weighted by atomic mass is 9.80. The van der Waals surface area contributed by atoms with Crippen molar-refractivity contribution in [2.75, 3.05) is 26.2 Å². The van der Waals surface area contributed by atoms with Crippen LogP contribution in [0.3, 0.4) is 0 Å². The zero-order valence-corrected chi connectivity index (χ0v) is 42.0. The Morgan fingerprint density at radius 2 is 1.21 bits per heavy atom. The number of ether oxygens (including phenoxy) is 2. The fourth-order valence-corrected chi connectivity index (χ4v) is 10.8. The van der Waals surface area contributed by atoms with E-state index in [9.17, 15) is 28.0 Å². The molecule has 10 nitrogen and oxygen atoms in total. The van der Waals surface area contributed by atoms with Gasteiger partial charge in [0.1, 0.15) is 22.8 Å². The SMILES string of the molecule is C.CC(C)CC1C2=C(CCN1C(=O)C1CCC(CNC(=O)OC(C)(C)C)CC1)c1ccc(F)cc1C2.CC(C)CC1C2=C(CCN1C(=O)CCCCNC(=O)OC(C)(C)C)c1cc(F)ccc1C2. The summed E-state index contributed by atoms with van der Waals surface area (Å²) < 4.78 is 38.3. The molecule has 2 aliphatic heterocycles. The zero-order chi connectivity index (χ0) is 48.8. The van der Waals surface area contributed by atoms with Gasteiger partial charge in [-0.05, 0) is 205 Å². The minimum absolute atomic E-state index is 0. The normalized spacial score (nSPS) is 21.0. The number of nitrogens with one attached hydrogen (secondary N) is 2. The van der Waals surface area contributed by atoms with Crippen LogP contribution in [-0.4, -0.2) is 83.3 Å². The van der Waals surface area contributed by atoms with Crippen molar-refractivity contribution in [2.45, 2.75) is 183 Å². The molecular weight excluding hydrogens is 863 g/mol. The molecule has 0 radical (unpaired) electrons. The summed E-state index contributed by atoms with van der Waals surface area (Å²) >= 11 is 0. The molecule has 68 heavy (non-hydrogen) atoms. The largest absolute Gasteiger partial charge is 0.444 e. The molecule has 1 fully saturated rings. The van der Waals surface area contributed by atoms with E-state index >= 15 is 0 Å². The van der Waals surface area contributed by atoms with Crippen LogP contribution in [0.5, 0.6) is 0 Å². The lowest BCUT2D eigenvalue weighted by Crippen LogP contribution is -2.48. The van der Waals surface area contributed by atoms with Gasteiger partial charge in [0, 0.05) is 38.5 Å². The minimum atomic E-state index is -0.515. The van der Waals surface area contributed by atoms with E-state index in [1.54, 1.807) is 18.2 Å². The molecule has 2 aromatic carbocycles. The van der Waals surface area contributed by atoms with Gasteiger partial charge in [0.15, 0.2) is 0 Å². The lowest BCUT2D eigenvalue weighted by Gasteiger charge is -2.41. The van der Waals surface area contributed by atoms with Crippen LogP contribution in [0.15, 0.2) is 47.5 Å². The quantitative estimate of drug-likeness (QED) is 0.205. The van der Waals surface area contributed by atoms with E-state index in [4.69, 9.17) is 9.47 Å². The topological polar surface area (TPSA) is 117 Å². The lowest BCUT2D eigenvalue weighted by molar-refractivity contribution is -0.139. The van der Waals surface area contributed by atoms with Gasteiger partial charge >= 0.3 is 12.2 Å². The maximum Gasteiger partial charge on any atom is 0.407 e. The van der Waals surface area contributed by atoms with Gasteiger partial charge in [0.25, 0.3) is 0 Å². The summed E-state index contributed by atoms with van der Waals surface area (Å²) in [5.74, 6) is 1.42. The fraction of sp³-hybridized carbons (Fsp3) is 0.643. The number of carbonyl (C=O) groups excluding carboxylic acids is 4. The van der Waals surface area contributed by atoms with Gasteiger partial charge in [-0.25, -0.2) is 18.4 Å². The maximum absolute atomic E-state index is 13.9. The Kier molecular flexibility index (Phi) is 18.5. The highest BCUT2D eigenvalue weighted by molar-refractivity contribution is 5.85. The summed E-state index contributed by atoms with van der Waals surface area (Å²) in [6, 6.07) is 10.4. The monoisotopic (exact) mass is 945 g/mol. The maximum atomic E-state index is 13.9. The third kappa shape index (κ3) is 14.4. The van der Waals surface area contributed by atoms with E-state index in [0.717, 1.165) is 94.7 Å². The molecule has 376 valence electrons. The third-order valence-electron chi connectivity index (χ3n) is 13.7. The first-order chi connectivity index (χ1) is 31.6. The summed E-state index contributed by atoms with van der Waals surface area (Å²) in [7, 11) is 0. The van der Waals surface area contributed by atoms with Crippen LogP contribution in [0.25, 0.3) is 11.1 Å². The number of rotatable bonds is 12. The van der Waals surface area contributed by atoms with Crippen molar-refractivity contribution in [3.8, 4) is 0 Å². The van der Waals surface area contributed by atoms with E-state index in [2.05, 4.69) is 43.2 Å². The van der Waals surface area contributed by atoms with Crippen LogP contribution in [0.1, 0.15) is 170 Å². The van der Waals surface area contributed by atoms with Crippen molar-refractivity contribution < 1.29 is 37.4 Å². The molecule has 2 N–H and O–H groups in total. The predicted molar refractivity (Wildman–Crippen MR) is 268 cm³/mol. The number of halogens is 2. The Hall–Kier alpha value is -4.74. The second-order valence-electron chi connectivity index (χ2n) is 22.4. The van der Waals surface area contributed by atoms with Gasteiger partial charge in [0.2, 0.25) is 11.8 Å². The molecule has 12 heteroatoms. The first kappa shape index (κ1) is 54.2. The van der Waals surface area contributed by atoms with Crippen LogP contribution in [0.4, 0.5) is 18.4 Å². The molecule has 0 bridgehead atoms. The zero-order valence-electron chi connectivity index (χ0n) is 42.0. The smallest absolute Gasteiger partial charge is 0.407 e. The standard InChI is InChI=1S/C29H41FN2O3.C26H37FN2O3.CH4/c1-18(2)14-26-25-16-21-15-22(30)10-11-23(21)24(25)12-13-32(26)27(33)20-8-6-19(7-9-20)17-31-28(34)35-29(3,4)5;1-17(2)14-23-22-15-18-9-10-19(27)16-21(18)20(22)11-13-29(23)24(30)8-6-7-12-28-25(31)32-26(3,4)5;/h10-11,15,18-20,26H,6-9,12-14,16-17H2,1-5H3,(H,31,34);9-10,16-17,23H,6-8,11-15H2,1-5H3,(H,28,31);1H4. The molecule has 2 unspecified atom stereocenters. The van der Waals surface area contributed by atoms with Crippen LogP contribution in [0, 0.1) is 35.3 Å². The number of nitrogens with zero attached hydrogens (tertiary/aromatic N) is 2. The van der Waals surface area contributed by atoms with Crippen LogP contribution in [-0.2, 0) is 31.9 Å². The van der Waals surface area contributed by atoms with Gasteiger partial charge in [-0.1, -0.05) is 47.3 Å². The van der Waals surface area contributed by atoms with Crippen molar-refractivity contribution in [3.63, 3.8) is 0 Å². The molecule has 4 amide bonds. The number of alkyl carbamates (subject to hydrolysis) is 2. The van der Waals surface area contributed by atoms with E-state index in [1.807, 2.05) is 58.6 Å². The number of hydrogen-bond acceptors (Lipinski definition) is 6. The number of fused-ring (bicyclic) bond motifs is 4. The van der Waals surface area contributed by atoms with Crippen molar-refractivity contribution in [1.82, 2.24) is 20.4 Å². The Labute approximate surface area is 406 Å². The minimum Gasteiger partial charge on any atom is -0.444 e. The first-order valence-electron chi connectivity index (χ1n) is 25.1. The molecule has 5 aliphatic rings. The van der Waals surface area contributed by atoms with Gasteiger partial charge in [-0.2, -0.15) is 0 Å². The number of amides is 4. The van der Waals surface area contributed by atoms with Gasteiger partial charge in [-0.3, -0.25) is 9.59 Å². The molecular formula is C56H82F2N4O6. The summed E-state index contributed by atoms with van der Waals surface area (Å²) in [6.45, 7) is 22.4. The average Bonchev–Trinajstić information content (AvgIpc) is 3.79. The van der Waals surface area contributed by atoms with Crippen molar-refractivity contribution in [1.29, 1.82) is 0 Å². The molecule has 1 saturated carbocycles. The average molecular weight is 945 g/mol. The van der Waals surface area contributed by atoms with E-state index < -0.39 is 17.3 Å². The Balaban J connectivity index is 0.000000252. The molecule has 2 atom stereocenters. The molecule has 0 spiro atoms. The second-order valence-corrected chi connectivity index (χ2v) is 22.4. The Morgan fingerprint density at radius 1 is 0.676 bits per heavy atom. The first-order valence-corrected chi connectivity index (χ1v) is 25.1. The Morgan fingerprint density at radius 3 is 1.81 bits per heavy atom. The van der Waals surface area contributed by atoms with E-state index in [-0.39, 0.29) is 55.0 Å². The highest BCUT2D eigenvalue weighted by Gasteiger charge is 2.41. The predicted octanol–water partition coefficient (Wildman–Crippen LogP) is 12.2. The van der Waals surface area contributed by atoms with Gasteiger partial charge < -0.3 is 29.9 Å². The van der Waals surface area contributed by atoms with Crippen LogP contribution < -0.4 is 10.6 Å². The number of hydrogen-bond donors (Lipinski definition) is 2. The summed E-state index contributed by atoms with van der Waals surface area (Å²) in [4.78, 5) is 54.8. The molecule has 0 saturated heterocycles. The van der Waals surface area contributed by atoms with E-state index in [0.29, 0.717) is 43.8 Å². The van der Waals surface area contributed by atoms with Crippen molar-refractivity contribution >= 4 is 35.1 Å². The highest BCUT2D eigenvalue weighted by Crippen LogP contribution is 2.45. The summed E-state index contributed by atoms with van der Waals surface area (Å²) in [5.41, 5.74) is 8.65. The molecule has 3 aliphatic carbocycles. The van der Waals surface area contributed by atoms with Gasteiger partial charge in [0.05, 0.1) is 12.1 Å². The van der Waals surface area contributed by atoms with Gasteiger partial charge in [-0.15, -0.1) is 0 Å². The van der Waals surface area contributed by atoms with Crippen molar-refractivity contribution in [2.24, 2.45) is 23.7 Å². The van der Waals surface area contributed by atoms with Crippen LogP contribution in [0.2, 0.25) is 0 Å². The number of benzene rings is 2. The second kappa shape index (κ2) is 23.2. The Bertz CT molecular complexity index is 2180. The third-order valence-corrected chi connectivity index (χ3v) is 13.7. The molecule has 2 heterocycles. The van der Waals surface area contributed by atoms with E-state index in [1.165, 1.54) is 39.5 Å². The fourth-order valence-electron chi connectivity index (χ4n) is 10.8. The highest BCUT2D eigenvalue weighted by atomic mass is 19.1. The van der Waals surface area contributed by atoms with Crippen molar-refractivity contribution in [3.05, 3.63) is 81.4 Å². The summed E-state index contributed by atoms with van der Waals surface area (Å²) in [6.07, 6.45) is 9.78. The number of unbranched alkanes of at least 4 members (excludes halogenated alkanes) is 1. The summed E-state index contributed by atoms with van der Waals surface area (Å²) in [5, 5.41) is 5.64. The number of carbonyl (C=O) groups is 4. The molecule has 0 aromatic heterocycles. The molecule has 7 rings (SSSR count). The molecule has 2 aromatic rings. The van der Waals surface area contributed by atoms with Crippen LogP contribution >= 0.6 is 0 Å².